The summed E-state index contributed by atoms with van der Waals surface area (Å²) in [7, 11) is 0. The zero-order valence-electron chi connectivity index (χ0n) is 40.3. The Morgan fingerprint density at radius 2 is 0.841 bits per heavy atom. The van der Waals surface area contributed by atoms with Crippen LogP contribution in [0.5, 0.6) is 0 Å². The standard InChI is InChI=1S/C63H55B2N3S/c1-41(2)44-35-50(42(3)4)62(51(36-44)43(5)6)65-53-32-20-22-34-60(53)69-61-40-57-54(39-55(61)65)64-52-31-19-21-33-56(52)67(47-27-15-9-16-28-47)58-37-49(38-59(63(58)64)68(57)48-29-17-10-18-30-48)66(45-23-11-7-12-24-45)46-25-13-8-14-26-46/h7-43H,1-6H3. The molecule has 0 unspecified atom stereocenters. The molecule has 0 saturated carbocycles. The van der Waals surface area contributed by atoms with Crippen molar-refractivity contribution in [3.63, 3.8) is 0 Å². The highest BCUT2D eigenvalue weighted by molar-refractivity contribution is 8.00. The van der Waals surface area contributed by atoms with Crippen molar-refractivity contribution >= 4 is 109 Å². The van der Waals surface area contributed by atoms with Crippen LogP contribution in [-0.2, 0) is 0 Å². The maximum atomic E-state index is 2.65. The molecule has 0 radical (unpaired) electrons. The molecule has 3 nitrogen and oxygen atoms in total. The summed E-state index contributed by atoms with van der Waals surface area (Å²) < 4.78 is 0. The Balaban J connectivity index is 1.19. The van der Waals surface area contributed by atoms with Crippen LogP contribution < -0.4 is 47.5 Å². The second-order valence-electron chi connectivity index (χ2n) is 19.8. The lowest BCUT2D eigenvalue weighted by atomic mass is 9.31. The van der Waals surface area contributed by atoms with Gasteiger partial charge in [-0.2, -0.15) is 0 Å². The number of nitrogens with zero attached hydrogens (tertiary/aromatic N) is 3. The van der Waals surface area contributed by atoms with E-state index in [1.54, 1.807) is 0 Å². The lowest BCUT2D eigenvalue weighted by molar-refractivity contribution is 0.812. The number of para-hydroxylation sites is 5. The van der Waals surface area contributed by atoms with Gasteiger partial charge in [0.25, 0.3) is 6.71 Å². The zero-order chi connectivity index (χ0) is 46.9. The van der Waals surface area contributed by atoms with Gasteiger partial charge in [-0.1, -0.05) is 197 Å². The quantitative estimate of drug-likeness (QED) is 0.133. The van der Waals surface area contributed by atoms with E-state index >= 15 is 0 Å². The van der Waals surface area contributed by atoms with Crippen LogP contribution >= 0.6 is 11.8 Å². The van der Waals surface area contributed by atoms with Crippen molar-refractivity contribution < 1.29 is 0 Å². The molecule has 0 amide bonds. The van der Waals surface area contributed by atoms with E-state index in [0.717, 1.165) is 28.4 Å². The van der Waals surface area contributed by atoms with E-state index in [4.69, 9.17) is 0 Å². The van der Waals surface area contributed by atoms with E-state index in [0.29, 0.717) is 17.8 Å². The van der Waals surface area contributed by atoms with Crippen LogP contribution in [0.15, 0.2) is 216 Å². The topological polar surface area (TPSA) is 9.72 Å². The summed E-state index contributed by atoms with van der Waals surface area (Å²) in [4.78, 5) is 10.2. The average Bonchev–Trinajstić information content (AvgIpc) is 3.38. The number of rotatable bonds is 9. The molecule has 0 N–H and O–H groups in total. The van der Waals surface area contributed by atoms with Crippen molar-refractivity contribution in [3.8, 4) is 0 Å². The Hall–Kier alpha value is -7.14. The summed E-state index contributed by atoms with van der Waals surface area (Å²) in [6.07, 6.45) is 0. The summed E-state index contributed by atoms with van der Waals surface area (Å²) in [5.41, 5.74) is 23.0. The first-order chi connectivity index (χ1) is 33.7. The van der Waals surface area contributed by atoms with Crippen LogP contribution in [0.3, 0.4) is 0 Å². The normalized spacial score (nSPS) is 13.3. The van der Waals surface area contributed by atoms with Crippen molar-refractivity contribution in [1.29, 1.82) is 0 Å². The number of fused-ring (bicyclic) bond motifs is 6. The van der Waals surface area contributed by atoms with Gasteiger partial charge in [-0.15, -0.1) is 0 Å². The molecule has 69 heavy (non-hydrogen) atoms. The fourth-order valence-electron chi connectivity index (χ4n) is 11.5. The van der Waals surface area contributed by atoms with E-state index < -0.39 is 0 Å². The van der Waals surface area contributed by atoms with Crippen molar-refractivity contribution in [3.05, 3.63) is 223 Å². The number of hydrogen-bond donors (Lipinski definition) is 0. The van der Waals surface area contributed by atoms with Gasteiger partial charge >= 0.3 is 0 Å². The molecule has 0 fully saturated rings. The van der Waals surface area contributed by atoms with Gasteiger partial charge < -0.3 is 14.7 Å². The molecular formula is C63H55B2N3S. The van der Waals surface area contributed by atoms with Gasteiger partial charge in [-0.25, -0.2) is 0 Å². The monoisotopic (exact) mass is 907 g/mol. The lowest BCUT2D eigenvalue weighted by Crippen LogP contribution is -2.64. The van der Waals surface area contributed by atoms with Crippen LogP contribution in [0.1, 0.15) is 76.0 Å². The molecule has 12 rings (SSSR count). The van der Waals surface area contributed by atoms with Gasteiger partial charge in [-0.3, -0.25) is 0 Å². The van der Waals surface area contributed by atoms with Gasteiger partial charge in [0, 0.05) is 55.3 Å². The van der Waals surface area contributed by atoms with E-state index in [2.05, 4.69) is 262 Å². The summed E-state index contributed by atoms with van der Waals surface area (Å²) in [6, 6.07) is 77.3. The minimum absolute atomic E-state index is 0.0392. The summed E-state index contributed by atoms with van der Waals surface area (Å²) in [6.45, 7) is 14.3. The molecule has 6 heteroatoms. The first-order valence-electron chi connectivity index (χ1n) is 24.7. The lowest BCUT2D eigenvalue weighted by Gasteiger charge is -2.45. The van der Waals surface area contributed by atoms with Crippen molar-refractivity contribution in [2.75, 3.05) is 14.7 Å². The summed E-state index contributed by atoms with van der Waals surface area (Å²) in [5, 5.41) is 0. The van der Waals surface area contributed by atoms with Crippen LogP contribution in [0.2, 0.25) is 0 Å². The Bertz CT molecular complexity index is 3310. The van der Waals surface area contributed by atoms with Crippen LogP contribution in [0, 0.1) is 0 Å². The van der Waals surface area contributed by atoms with E-state index in [9.17, 15) is 0 Å². The third kappa shape index (κ3) is 7.22. The predicted octanol–water partition coefficient (Wildman–Crippen LogP) is 13.6. The molecule has 3 aliphatic heterocycles. The van der Waals surface area contributed by atoms with Gasteiger partial charge in [0.15, 0.2) is 0 Å². The minimum atomic E-state index is -0.0392. The van der Waals surface area contributed by atoms with Gasteiger partial charge in [0.1, 0.15) is 0 Å². The molecule has 3 heterocycles. The molecule has 9 aromatic rings. The average molecular weight is 908 g/mol. The first kappa shape index (κ1) is 43.2. The van der Waals surface area contributed by atoms with Gasteiger partial charge in [-0.05, 0) is 130 Å². The van der Waals surface area contributed by atoms with Crippen molar-refractivity contribution in [1.82, 2.24) is 0 Å². The third-order valence-corrected chi connectivity index (χ3v) is 15.8. The van der Waals surface area contributed by atoms with Crippen molar-refractivity contribution in [2.24, 2.45) is 0 Å². The molecule has 0 aromatic heterocycles. The highest BCUT2D eigenvalue weighted by Crippen LogP contribution is 2.49. The maximum absolute atomic E-state index is 2.65. The molecule has 334 valence electrons. The summed E-state index contributed by atoms with van der Waals surface area (Å²) in [5.74, 6) is 1.16. The highest BCUT2D eigenvalue weighted by Gasteiger charge is 2.46. The third-order valence-electron chi connectivity index (χ3n) is 14.6. The van der Waals surface area contributed by atoms with Crippen LogP contribution in [-0.4, -0.2) is 13.4 Å². The van der Waals surface area contributed by atoms with E-state index in [-0.39, 0.29) is 13.4 Å². The predicted molar refractivity (Wildman–Crippen MR) is 299 cm³/mol. The Kier molecular flexibility index (Phi) is 10.9. The molecule has 3 aliphatic rings. The number of anilines is 9. The SMILES string of the molecule is CC(C)c1cc(C(C)C)c(B2c3ccccc3Sc3cc4c(cc32)B2c3ccccc3N(c3ccccc3)c3cc(N(c5ccccc5)c5ccccc5)cc(c32)N4c2ccccc2)c(C(C)C)c1. The second kappa shape index (κ2) is 17.4. The van der Waals surface area contributed by atoms with E-state index in [1.807, 2.05) is 11.8 Å². The maximum Gasteiger partial charge on any atom is 0.252 e. The molecule has 0 aliphatic carbocycles. The van der Waals surface area contributed by atoms with Gasteiger partial charge in [0.2, 0.25) is 6.71 Å². The molecular weight excluding hydrogens is 852 g/mol. The fourth-order valence-corrected chi connectivity index (χ4v) is 12.6. The largest absolute Gasteiger partial charge is 0.311 e. The first-order valence-corrected chi connectivity index (χ1v) is 25.6. The van der Waals surface area contributed by atoms with Crippen LogP contribution in [0.4, 0.5) is 51.2 Å². The summed E-state index contributed by atoms with van der Waals surface area (Å²) >= 11 is 1.94. The smallest absolute Gasteiger partial charge is 0.252 e. The fraction of sp³-hybridized carbons (Fsp3) is 0.143. The molecule has 0 saturated heterocycles. The molecule has 0 atom stereocenters. The highest BCUT2D eigenvalue weighted by atomic mass is 32.2. The Labute approximate surface area is 413 Å². The Morgan fingerprint density at radius 1 is 0.362 bits per heavy atom. The second-order valence-corrected chi connectivity index (χ2v) is 20.9. The molecule has 0 bridgehead atoms. The van der Waals surface area contributed by atoms with Crippen molar-refractivity contribution in [2.45, 2.75) is 69.1 Å². The molecule has 9 aromatic carbocycles. The van der Waals surface area contributed by atoms with E-state index in [1.165, 1.54) is 82.0 Å². The van der Waals surface area contributed by atoms with Gasteiger partial charge in [0.05, 0.1) is 5.69 Å². The van der Waals surface area contributed by atoms with Crippen LogP contribution in [0.25, 0.3) is 0 Å². The number of benzene rings is 9. The molecule has 0 spiro atoms. The minimum Gasteiger partial charge on any atom is -0.311 e. The number of hydrogen-bond acceptors (Lipinski definition) is 4. The Morgan fingerprint density at radius 3 is 1.39 bits per heavy atom. The zero-order valence-corrected chi connectivity index (χ0v) is 41.1.